The van der Waals surface area contributed by atoms with Gasteiger partial charge in [-0.25, -0.2) is 4.98 Å². The quantitative estimate of drug-likeness (QED) is 0.528. The van der Waals surface area contributed by atoms with Crippen LogP contribution in [0, 0.1) is 27.7 Å². The van der Waals surface area contributed by atoms with Crippen molar-refractivity contribution in [2.24, 2.45) is 0 Å². The van der Waals surface area contributed by atoms with E-state index in [1.807, 2.05) is 0 Å². The molecule has 150 valence electrons. The SMILES string of the molecule is Cc1cc2nc(CCCO)n(CCCCOc3c(C)cccc3C)c2cc1C. The number of hydrogen-bond acceptors (Lipinski definition) is 3. The highest BCUT2D eigenvalue weighted by Crippen LogP contribution is 2.24. The monoisotopic (exact) mass is 380 g/mol. The molecule has 0 radical (unpaired) electrons. The fourth-order valence-electron chi connectivity index (χ4n) is 3.68. The summed E-state index contributed by atoms with van der Waals surface area (Å²) in [4.78, 5) is 4.84. The van der Waals surface area contributed by atoms with E-state index in [1.54, 1.807) is 0 Å². The number of nitrogens with zero attached hydrogens (tertiary/aromatic N) is 2. The number of hydrogen-bond donors (Lipinski definition) is 1. The third-order valence-corrected chi connectivity index (χ3v) is 5.43. The van der Waals surface area contributed by atoms with Gasteiger partial charge in [-0.05, 0) is 81.3 Å². The number of aromatic nitrogens is 2. The molecule has 1 heterocycles. The second-order valence-corrected chi connectivity index (χ2v) is 7.71. The molecule has 1 aromatic heterocycles. The molecule has 0 amide bonds. The van der Waals surface area contributed by atoms with Crippen LogP contribution in [0.15, 0.2) is 30.3 Å². The standard InChI is InChI=1S/C24H32N2O2/c1-17-9-7-10-18(2)24(17)28-14-6-5-12-26-22-16-20(4)19(3)15-21(22)25-23(26)11-8-13-27/h7,9-10,15-16,27H,5-6,8,11-14H2,1-4H3. The van der Waals surface area contributed by atoms with Gasteiger partial charge in [-0.3, -0.25) is 0 Å². The first-order valence-corrected chi connectivity index (χ1v) is 10.3. The Kier molecular flexibility index (Phi) is 6.74. The third kappa shape index (κ3) is 4.56. The van der Waals surface area contributed by atoms with E-state index in [1.165, 1.54) is 27.8 Å². The lowest BCUT2D eigenvalue weighted by atomic mass is 10.1. The maximum absolute atomic E-state index is 9.23. The topological polar surface area (TPSA) is 47.3 Å². The van der Waals surface area contributed by atoms with Gasteiger partial charge in [0.1, 0.15) is 11.6 Å². The molecule has 0 unspecified atom stereocenters. The summed E-state index contributed by atoms with van der Waals surface area (Å²) >= 11 is 0. The van der Waals surface area contributed by atoms with Crippen molar-refractivity contribution in [1.29, 1.82) is 0 Å². The molecule has 4 heteroatoms. The van der Waals surface area contributed by atoms with Crippen molar-refractivity contribution in [2.75, 3.05) is 13.2 Å². The Hall–Kier alpha value is -2.33. The Morgan fingerprint density at radius 3 is 2.36 bits per heavy atom. The van der Waals surface area contributed by atoms with Gasteiger partial charge in [0.25, 0.3) is 0 Å². The largest absolute Gasteiger partial charge is 0.493 e. The van der Waals surface area contributed by atoms with Crippen LogP contribution in [0.25, 0.3) is 11.0 Å². The maximum Gasteiger partial charge on any atom is 0.125 e. The summed E-state index contributed by atoms with van der Waals surface area (Å²) in [6, 6.07) is 10.7. The predicted octanol–water partition coefficient (Wildman–Crippen LogP) is 5.05. The Morgan fingerprint density at radius 2 is 1.64 bits per heavy atom. The smallest absolute Gasteiger partial charge is 0.125 e. The number of benzene rings is 2. The van der Waals surface area contributed by atoms with Crippen molar-refractivity contribution >= 4 is 11.0 Å². The van der Waals surface area contributed by atoms with Crippen molar-refractivity contribution in [2.45, 2.75) is 59.9 Å². The molecule has 0 aliphatic carbocycles. The molecule has 3 rings (SSSR count). The molecule has 0 atom stereocenters. The van der Waals surface area contributed by atoms with Crippen LogP contribution in [0.3, 0.4) is 0 Å². The number of ether oxygens (including phenoxy) is 1. The number of rotatable bonds is 9. The van der Waals surface area contributed by atoms with Gasteiger partial charge in [-0.15, -0.1) is 0 Å². The van der Waals surface area contributed by atoms with E-state index in [4.69, 9.17) is 9.72 Å². The first-order chi connectivity index (χ1) is 13.5. The lowest BCUT2D eigenvalue weighted by Crippen LogP contribution is -2.07. The van der Waals surface area contributed by atoms with Crippen molar-refractivity contribution in [1.82, 2.24) is 9.55 Å². The Labute approximate surface area is 168 Å². The lowest BCUT2D eigenvalue weighted by molar-refractivity contribution is 0.286. The maximum atomic E-state index is 9.23. The summed E-state index contributed by atoms with van der Waals surface area (Å²) in [5.74, 6) is 2.09. The van der Waals surface area contributed by atoms with Gasteiger partial charge in [-0.2, -0.15) is 0 Å². The number of aryl methyl sites for hydroxylation is 6. The molecule has 4 nitrogen and oxygen atoms in total. The summed E-state index contributed by atoms with van der Waals surface area (Å²) in [6.07, 6.45) is 3.59. The summed E-state index contributed by atoms with van der Waals surface area (Å²) in [5.41, 5.74) is 7.21. The third-order valence-electron chi connectivity index (χ3n) is 5.43. The van der Waals surface area contributed by atoms with Crippen LogP contribution in [-0.2, 0) is 13.0 Å². The van der Waals surface area contributed by atoms with Crippen LogP contribution in [0.2, 0.25) is 0 Å². The van der Waals surface area contributed by atoms with E-state index >= 15 is 0 Å². The van der Waals surface area contributed by atoms with Gasteiger partial charge in [0.05, 0.1) is 17.6 Å². The molecular weight excluding hydrogens is 348 g/mol. The zero-order chi connectivity index (χ0) is 20.1. The van der Waals surface area contributed by atoms with Crippen LogP contribution in [0.5, 0.6) is 5.75 Å². The van der Waals surface area contributed by atoms with Crippen molar-refractivity contribution < 1.29 is 9.84 Å². The van der Waals surface area contributed by atoms with Gasteiger partial charge in [0.2, 0.25) is 0 Å². The summed E-state index contributed by atoms with van der Waals surface area (Å²) in [5, 5.41) is 9.23. The molecule has 0 saturated carbocycles. The molecule has 0 saturated heterocycles. The fourth-order valence-corrected chi connectivity index (χ4v) is 3.68. The molecule has 0 fully saturated rings. The minimum Gasteiger partial charge on any atom is -0.493 e. The molecular formula is C24H32N2O2. The fraction of sp³-hybridized carbons (Fsp3) is 0.458. The van der Waals surface area contributed by atoms with E-state index in [0.29, 0.717) is 0 Å². The van der Waals surface area contributed by atoms with Crippen LogP contribution in [0.4, 0.5) is 0 Å². The minimum atomic E-state index is 0.199. The van der Waals surface area contributed by atoms with Crippen LogP contribution in [-0.4, -0.2) is 27.9 Å². The molecule has 0 aliphatic rings. The number of fused-ring (bicyclic) bond motifs is 1. The van der Waals surface area contributed by atoms with Gasteiger partial charge < -0.3 is 14.4 Å². The number of aliphatic hydroxyl groups excluding tert-OH is 1. The average Bonchev–Trinajstić information content (AvgIpc) is 2.98. The van der Waals surface area contributed by atoms with Crippen molar-refractivity contribution in [3.05, 3.63) is 58.4 Å². The highest BCUT2D eigenvalue weighted by atomic mass is 16.5. The minimum absolute atomic E-state index is 0.199. The van der Waals surface area contributed by atoms with Crippen molar-refractivity contribution in [3.63, 3.8) is 0 Å². The van der Waals surface area contributed by atoms with Gasteiger partial charge in [0.15, 0.2) is 0 Å². The molecule has 3 aromatic rings. The zero-order valence-electron chi connectivity index (χ0n) is 17.6. The number of unbranched alkanes of at least 4 members (excludes halogenated alkanes) is 1. The lowest BCUT2D eigenvalue weighted by Gasteiger charge is -2.13. The van der Waals surface area contributed by atoms with E-state index in [9.17, 15) is 5.11 Å². The Balaban J connectivity index is 1.66. The van der Waals surface area contributed by atoms with E-state index in [2.05, 4.69) is 62.6 Å². The average molecular weight is 381 g/mol. The number of imidazole rings is 1. The Morgan fingerprint density at radius 1 is 0.929 bits per heavy atom. The van der Waals surface area contributed by atoms with Gasteiger partial charge >= 0.3 is 0 Å². The van der Waals surface area contributed by atoms with Crippen LogP contribution < -0.4 is 4.74 Å². The highest BCUT2D eigenvalue weighted by molar-refractivity contribution is 5.78. The summed E-state index contributed by atoms with van der Waals surface area (Å²) in [6.45, 7) is 10.3. The predicted molar refractivity (Wildman–Crippen MR) is 115 cm³/mol. The molecule has 0 aliphatic heterocycles. The summed E-state index contributed by atoms with van der Waals surface area (Å²) < 4.78 is 8.38. The van der Waals surface area contributed by atoms with Crippen molar-refractivity contribution in [3.8, 4) is 5.75 Å². The van der Waals surface area contributed by atoms with Crippen LogP contribution in [0.1, 0.15) is 47.3 Å². The van der Waals surface area contributed by atoms with E-state index in [0.717, 1.165) is 55.9 Å². The molecule has 2 aromatic carbocycles. The van der Waals surface area contributed by atoms with Gasteiger partial charge in [0, 0.05) is 19.6 Å². The Bertz CT molecular complexity index is 923. The van der Waals surface area contributed by atoms with E-state index < -0.39 is 0 Å². The molecule has 28 heavy (non-hydrogen) atoms. The van der Waals surface area contributed by atoms with E-state index in [-0.39, 0.29) is 6.61 Å². The second kappa shape index (κ2) is 9.24. The van der Waals surface area contributed by atoms with Crippen LogP contribution >= 0.6 is 0 Å². The van der Waals surface area contributed by atoms with Gasteiger partial charge in [-0.1, -0.05) is 18.2 Å². The molecule has 0 bridgehead atoms. The number of para-hydroxylation sites is 1. The molecule has 1 N–H and O–H groups in total. The first-order valence-electron chi connectivity index (χ1n) is 10.3. The highest BCUT2D eigenvalue weighted by Gasteiger charge is 2.12. The number of aliphatic hydroxyl groups is 1. The normalized spacial score (nSPS) is 11.3. The second-order valence-electron chi connectivity index (χ2n) is 7.71. The summed E-state index contributed by atoms with van der Waals surface area (Å²) in [7, 11) is 0. The zero-order valence-corrected chi connectivity index (χ0v) is 17.6. The molecule has 0 spiro atoms. The first kappa shape index (κ1) is 20.4.